The van der Waals surface area contributed by atoms with E-state index in [1.165, 1.54) is 4.31 Å². The smallest absolute Gasteiger partial charge is 0.279 e. The van der Waals surface area contributed by atoms with Gasteiger partial charge in [0.05, 0.1) is 12.2 Å². The monoisotopic (exact) mass is 326 g/mol. The van der Waals surface area contributed by atoms with E-state index in [9.17, 15) is 8.42 Å². The number of hydrogen-bond acceptors (Lipinski definition) is 3. The van der Waals surface area contributed by atoms with Gasteiger partial charge < -0.3 is 4.74 Å². The zero-order valence-electron chi connectivity index (χ0n) is 13.5. The molecule has 1 aliphatic rings. The Kier molecular flexibility index (Phi) is 5.97. The van der Waals surface area contributed by atoms with E-state index >= 15 is 0 Å². The summed E-state index contributed by atoms with van der Waals surface area (Å²) in [5.41, 5.74) is 1.16. The summed E-state index contributed by atoms with van der Waals surface area (Å²) in [5, 5.41) is 0. The predicted molar refractivity (Wildman–Crippen MR) is 88.0 cm³/mol. The maximum atomic E-state index is 12.5. The summed E-state index contributed by atoms with van der Waals surface area (Å²) in [7, 11) is -3.46. The van der Waals surface area contributed by atoms with Crippen molar-refractivity contribution in [2.45, 2.75) is 45.3 Å². The average molecular weight is 326 g/mol. The highest BCUT2D eigenvalue weighted by atomic mass is 32.2. The fourth-order valence-corrected chi connectivity index (χ4v) is 4.25. The zero-order chi connectivity index (χ0) is 16.2. The molecular formula is C16H26N2O3S. The van der Waals surface area contributed by atoms with E-state index in [4.69, 9.17) is 4.74 Å². The molecule has 1 N–H and O–H groups in total. The molecule has 124 valence electrons. The van der Waals surface area contributed by atoms with Crippen molar-refractivity contribution in [1.82, 2.24) is 9.03 Å². The Morgan fingerprint density at radius 2 is 1.82 bits per heavy atom. The van der Waals surface area contributed by atoms with Crippen LogP contribution >= 0.6 is 0 Å². The van der Waals surface area contributed by atoms with Crippen molar-refractivity contribution in [3.05, 3.63) is 35.9 Å². The van der Waals surface area contributed by atoms with Crippen LogP contribution in [0.3, 0.4) is 0 Å². The maximum Gasteiger partial charge on any atom is 0.279 e. The largest absolute Gasteiger partial charge is 0.373 e. The molecule has 0 aromatic heterocycles. The van der Waals surface area contributed by atoms with E-state index in [2.05, 4.69) is 11.6 Å². The van der Waals surface area contributed by atoms with Crippen LogP contribution in [0.25, 0.3) is 0 Å². The molecule has 0 saturated carbocycles. The topological polar surface area (TPSA) is 58.6 Å². The molecule has 2 rings (SSSR count). The SMILES string of the molecule is CC[C@@H](CNS(=O)(=O)N1C[C@@H](C)O[C@@H](C)C1)c1ccccc1. The minimum atomic E-state index is -3.46. The summed E-state index contributed by atoms with van der Waals surface area (Å²) < 4.78 is 34.8. The summed E-state index contributed by atoms with van der Waals surface area (Å²) in [4.78, 5) is 0. The third-order valence-electron chi connectivity index (χ3n) is 4.00. The molecule has 1 heterocycles. The second-order valence-corrected chi connectivity index (χ2v) is 7.70. The molecule has 0 unspecified atom stereocenters. The summed E-state index contributed by atoms with van der Waals surface area (Å²) in [6, 6.07) is 10.0. The molecule has 0 spiro atoms. The summed E-state index contributed by atoms with van der Waals surface area (Å²) in [6.07, 6.45) is 0.746. The molecule has 1 fully saturated rings. The lowest BCUT2D eigenvalue weighted by atomic mass is 9.97. The van der Waals surface area contributed by atoms with Crippen molar-refractivity contribution in [2.75, 3.05) is 19.6 Å². The van der Waals surface area contributed by atoms with Crippen molar-refractivity contribution in [3.8, 4) is 0 Å². The number of ether oxygens (including phenoxy) is 1. The highest BCUT2D eigenvalue weighted by Gasteiger charge is 2.31. The normalized spacial score (nSPS) is 25.0. The highest BCUT2D eigenvalue weighted by Crippen LogP contribution is 2.19. The molecule has 22 heavy (non-hydrogen) atoms. The van der Waals surface area contributed by atoms with E-state index in [1.807, 2.05) is 44.2 Å². The molecule has 5 nitrogen and oxygen atoms in total. The van der Waals surface area contributed by atoms with Crippen LogP contribution in [0.4, 0.5) is 0 Å². The zero-order valence-corrected chi connectivity index (χ0v) is 14.3. The minimum Gasteiger partial charge on any atom is -0.373 e. The first kappa shape index (κ1) is 17.4. The Bertz CT molecular complexity index is 552. The van der Waals surface area contributed by atoms with Crippen LogP contribution in [0, 0.1) is 0 Å². The Labute approximate surface area is 133 Å². The second-order valence-electron chi connectivity index (χ2n) is 5.94. The summed E-state index contributed by atoms with van der Waals surface area (Å²) in [5.74, 6) is 0.187. The van der Waals surface area contributed by atoms with Gasteiger partial charge in [0, 0.05) is 19.6 Å². The molecule has 1 aromatic rings. The fraction of sp³-hybridized carbons (Fsp3) is 0.625. The number of nitrogens with one attached hydrogen (secondary N) is 1. The van der Waals surface area contributed by atoms with Crippen LogP contribution in [-0.2, 0) is 14.9 Å². The van der Waals surface area contributed by atoms with Crippen LogP contribution in [0.15, 0.2) is 30.3 Å². The van der Waals surface area contributed by atoms with E-state index in [-0.39, 0.29) is 18.1 Å². The third kappa shape index (κ3) is 4.52. The van der Waals surface area contributed by atoms with Crippen LogP contribution in [0.1, 0.15) is 38.7 Å². The molecule has 1 aromatic carbocycles. The highest BCUT2D eigenvalue weighted by molar-refractivity contribution is 7.87. The predicted octanol–water partition coefficient (Wildman–Crippen LogP) is 2.12. The van der Waals surface area contributed by atoms with Crippen LogP contribution < -0.4 is 4.72 Å². The number of rotatable bonds is 6. The number of hydrogen-bond donors (Lipinski definition) is 1. The maximum absolute atomic E-state index is 12.5. The molecule has 0 aliphatic carbocycles. The fourth-order valence-electron chi connectivity index (χ4n) is 2.85. The van der Waals surface area contributed by atoms with Gasteiger partial charge in [0.1, 0.15) is 0 Å². The molecular weight excluding hydrogens is 300 g/mol. The van der Waals surface area contributed by atoms with E-state index in [0.717, 1.165) is 12.0 Å². The Balaban J connectivity index is 1.99. The van der Waals surface area contributed by atoms with E-state index in [1.54, 1.807) is 0 Å². The summed E-state index contributed by atoms with van der Waals surface area (Å²) >= 11 is 0. The average Bonchev–Trinajstić information content (AvgIpc) is 2.48. The van der Waals surface area contributed by atoms with Gasteiger partial charge in [-0.15, -0.1) is 0 Å². The standard InChI is InChI=1S/C16H26N2O3S/c1-4-15(16-8-6-5-7-9-16)10-17-22(19,20)18-11-13(2)21-14(3)12-18/h5-9,13-15,17H,4,10-12H2,1-3H3/t13-,14+,15-/m0/s1. The summed E-state index contributed by atoms with van der Waals surface area (Å²) in [6.45, 7) is 7.10. The molecule has 3 atom stereocenters. The van der Waals surface area contributed by atoms with E-state index < -0.39 is 10.2 Å². The first-order valence-corrected chi connectivity index (χ1v) is 9.31. The third-order valence-corrected chi connectivity index (χ3v) is 5.51. The Morgan fingerprint density at radius 3 is 2.36 bits per heavy atom. The quantitative estimate of drug-likeness (QED) is 0.871. The first-order chi connectivity index (χ1) is 10.4. The van der Waals surface area contributed by atoms with Crippen LogP contribution in [0.2, 0.25) is 0 Å². The van der Waals surface area contributed by atoms with Gasteiger partial charge in [0.2, 0.25) is 0 Å². The number of nitrogens with zero attached hydrogens (tertiary/aromatic N) is 1. The van der Waals surface area contributed by atoms with Gasteiger partial charge in [0.15, 0.2) is 0 Å². The second kappa shape index (κ2) is 7.55. The van der Waals surface area contributed by atoms with Gasteiger partial charge in [-0.1, -0.05) is 37.3 Å². The molecule has 1 saturated heterocycles. The Morgan fingerprint density at radius 1 is 1.23 bits per heavy atom. The van der Waals surface area contributed by atoms with Crippen molar-refractivity contribution in [2.24, 2.45) is 0 Å². The van der Waals surface area contributed by atoms with Gasteiger partial charge in [-0.2, -0.15) is 12.7 Å². The first-order valence-electron chi connectivity index (χ1n) is 7.87. The molecule has 0 radical (unpaired) electrons. The van der Waals surface area contributed by atoms with Gasteiger partial charge >= 0.3 is 0 Å². The van der Waals surface area contributed by atoms with Crippen LogP contribution in [0.5, 0.6) is 0 Å². The van der Waals surface area contributed by atoms with Crippen molar-refractivity contribution in [3.63, 3.8) is 0 Å². The lowest BCUT2D eigenvalue weighted by Crippen LogP contribution is -2.52. The lowest BCUT2D eigenvalue weighted by molar-refractivity contribution is -0.0443. The number of benzene rings is 1. The van der Waals surface area contributed by atoms with Crippen molar-refractivity contribution in [1.29, 1.82) is 0 Å². The van der Waals surface area contributed by atoms with Crippen molar-refractivity contribution >= 4 is 10.2 Å². The lowest BCUT2D eigenvalue weighted by Gasteiger charge is -2.34. The molecule has 1 aliphatic heterocycles. The van der Waals surface area contributed by atoms with Gasteiger partial charge in [0.25, 0.3) is 10.2 Å². The van der Waals surface area contributed by atoms with Crippen LogP contribution in [-0.4, -0.2) is 44.6 Å². The van der Waals surface area contributed by atoms with Gasteiger partial charge in [-0.25, -0.2) is 4.72 Å². The van der Waals surface area contributed by atoms with Crippen molar-refractivity contribution < 1.29 is 13.2 Å². The Hall–Kier alpha value is -0.950. The minimum absolute atomic E-state index is 0.0728. The molecule has 0 amide bonds. The molecule has 0 bridgehead atoms. The van der Waals surface area contributed by atoms with Gasteiger partial charge in [-0.3, -0.25) is 0 Å². The number of morpholine rings is 1. The van der Waals surface area contributed by atoms with E-state index in [0.29, 0.717) is 19.6 Å². The molecule has 6 heteroatoms. The van der Waals surface area contributed by atoms with Gasteiger partial charge in [-0.05, 0) is 31.7 Å².